The zero-order valence-corrected chi connectivity index (χ0v) is 12.0. The Bertz CT molecular complexity index is 792. The van der Waals surface area contributed by atoms with Gasteiger partial charge in [-0.3, -0.25) is 4.68 Å². The molecule has 0 saturated heterocycles. The Hall–Kier alpha value is -2.83. The Morgan fingerprint density at radius 3 is 2.39 bits per heavy atom. The lowest BCUT2D eigenvalue weighted by atomic mass is 10.2. The Labute approximate surface area is 130 Å². The van der Waals surface area contributed by atoms with Crippen molar-refractivity contribution in [3.63, 3.8) is 0 Å². The number of pyridine rings is 1. The number of nitrogens with zero attached hydrogens (tertiary/aromatic N) is 3. The van der Waals surface area contributed by atoms with Crippen LogP contribution in [-0.4, -0.2) is 14.8 Å². The van der Waals surface area contributed by atoms with E-state index in [4.69, 9.17) is 5.73 Å². The van der Waals surface area contributed by atoms with Crippen LogP contribution < -0.4 is 5.73 Å². The van der Waals surface area contributed by atoms with E-state index < -0.39 is 11.9 Å². The number of hydrogen-bond donors (Lipinski definition) is 1. The predicted molar refractivity (Wildman–Crippen MR) is 80.4 cm³/mol. The van der Waals surface area contributed by atoms with Gasteiger partial charge < -0.3 is 5.73 Å². The molecule has 0 bridgehead atoms. The van der Waals surface area contributed by atoms with Crippen molar-refractivity contribution in [2.45, 2.75) is 12.7 Å². The van der Waals surface area contributed by atoms with Crippen molar-refractivity contribution in [2.75, 3.05) is 5.73 Å². The van der Waals surface area contributed by atoms with Gasteiger partial charge in [0.25, 0.3) is 0 Å². The van der Waals surface area contributed by atoms with Gasteiger partial charge in [0.15, 0.2) is 0 Å². The Morgan fingerprint density at radius 2 is 1.78 bits per heavy atom. The molecule has 0 atom stereocenters. The maximum atomic E-state index is 13.2. The van der Waals surface area contributed by atoms with E-state index in [9.17, 15) is 13.2 Å². The van der Waals surface area contributed by atoms with Gasteiger partial charge in [-0.05, 0) is 23.8 Å². The summed E-state index contributed by atoms with van der Waals surface area (Å²) in [4.78, 5) is 3.89. The van der Waals surface area contributed by atoms with Gasteiger partial charge in [-0.1, -0.05) is 30.3 Å². The SMILES string of the molecule is Nc1ccc(-c2cc(C(F)(F)F)n(Cc3ccccc3)n2)cn1. The second kappa shape index (κ2) is 5.75. The fraction of sp³-hybridized carbons (Fsp3) is 0.125. The minimum Gasteiger partial charge on any atom is -0.384 e. The summed E-state index contributed by atoms with van der Waals surface area (Å²) in [5, 5.41) is 4.09. The lowest BCUT2D eigenvalue weighted by molar-refractivity contribution is -0.144. The first-order valence-corrected chi connectivity index (χ1v) is 6.84. The molecule has 1 aromatic carbocycles. The highest BCUT2D eigenvalue weighted by atomic mass is 19.4. The third-order valence-electron chi connectivity index (χ3n) is 3.33. The summed E-state index contributed by atoms with van der Waals surface area (Å²) >= 11 is 0. The van der Waals surface area contributed by atoms with Crippen LogP contribution in [0.15, 0.2) is 54.7 Å². The van der Waals surface area contributed by atoms with Crippen molar-refractivity contribution in [3.8, 4) is 11.3 Å². The second-order valence-electron chi connectivity index (χ2n) is 5.03. The largest absolute Gasteiger partial charge is 0.433 e. The number of anilines is 1. The van der Waals surface area contributed by atoms with E-state index in [-0.39, 0.29) is 12.2 Å². The molecule has 0 radical (unpaired) electrons. The molecule has 23 heavy (non-hydrogen) atoms. The average Bonchev–Trinajstić information content (AvgIpc) is 2.93. The molecule has 0 aliphatic rings. The van der Waals surface area contributed by atoms with E-state index >= 15 is 0 Å². The van der Waals surface area contributed by atoms with Gasteiger partial charge in [0.05, 0.1) is 12.2 Å². The molecule has 4 nitrogen and oxygen atoms in total. The summed E-state index contributed by atoms with van der Waals surface area (Å²) in [6.45, 7) is 0.0398. The summed E-state index contributed by atoms with van der Waals surface area (Å²) in [5.41, 5.74) is 6.13. The molecule has 7 heteroatoms. The average molecular weight is 318 g/mol. The van der Waals surface area contributed by atoms with E-state index in [0.717, 1.165) is 16.3 Å². The minimum atomic E-state index is -4.48. The number of alkyl halides is 3. The number of nitrogens with two attached hydrogens (primary N) is 1. The van der Waals surface area contributed by atoms with Crippen molar-refractivity contribution < 1.29 is 13.2 Å². The van der Waals surface area contributed by atoms with Crippen LogP contribution in [-0.2, 0) is 12.7 Å². The minimum absolute atomic E-state index is 0.0398. The number of nitrogen functional groups attached to an aromatic ring is 1. The first kappa shape index (κ1) is 15.1. The van der Waals surface area contributed by atoms with Crippen LogP contribution in [0.25, 0.3) is 11.3 Å². The molecule has 3 aromatic rings. The van der Waals surface area contributed by atoms with Crippen LogP contribution in [0, 0.1) is 0 Å². The quantitative estimate of drug-likeness (QED) is 0.803. The van der Waals surface area contributed by atoms with Crippen molar-refractivity contribution >= 4 is 5.82 Å². The van der Waals surface area contributed by atoms with E-state index in [2.05, 4.69) is 10.1 Å². The Kier molecular flexibility index (Phi) is 3.77. The standard InChI is InChI=1S/C16H13F3N4/c17-16(18,19)14-8-13(12-6-7-15(20)21-9-12)22-23(14)10-11-4-2-1-3-5-11/h1-9H,10H2,(H2,20,21). The zero-order chi connectivity index (χ0) is 16.4. The summed E-state index contributed by atoms with van der Waals surface area (Å²) < 4.78 is 40.7. The zero-order valence-electron chi connectivity index (χ0n) is 12.0. The van der Waals surface area contributed by atoms with Gasteiger partial charge in [-0.15, -0.1) is 0 Å². The molecule has 0 unspecified atom stereocenters. The summed E-state index contributed by atoms with van der Waals surface area (Å²) in [6, 6.07) is 13.0. The Balaban J connectivity index is 2.02. The molecule has 3 rings (SSSR count). The molecule has 2 N–H and O–H groups in total. The highest BCUT2D eigenvalue weighted by molar-refractivity contribution is 5.59. The normalized spacial score (nSPS) is 11.6. The van der Waals surface area contributed by atoms with Crippen molar-refractivity contribution in [2.24, 2.45) is 0 Å². The van der Waals surface area contributed by atoms with Crippen LogP contribution in [0.3, 0.4) is 0 Å². The summed E-state index contributed by atoms with van der Waals surface area (Å²) in [5.74, 6) is 0.300. The summed E-state index contributed by atoms with van der Waals surface area (Å²) in [7, 11) is 0. The number of hydrogen-bond acceptors (Lipinski definition) is 3. The third kappa shape index (κ3) is 3.33. The maximum absolute atomic E-state index is 13.2. The van der Waals surface area contributed by atoms with Crippen LogP contribution in [0.5, 0.6) is 0 Å². The maximum Gasteiger partial charge on any atom is 0.433 e. The van der Waals surface area contributed by atoms with Crippen LogP contribution in [0.4, 0.5) is 19.0 Å². The highest BCUT2D eigenvalue weighted by Crippen LogP contribution is 2.32. The van der Waals surface area contributed by atoms with Gasteiger partial charge in [0.2, 0.25) is 0 Å². The molecule has 0 spiro atoms. The van der Waals surface area contributed by atoms with E-state index in [1.54, 1.807) is 30.3 Å². The number of rotatable bonds is 3. The fourth-order valence-electron chi connectivity index (χ4n) is 2.22. The first-order valence-electron chi connectivity index (χ1n) is 6.84. The van der Waals surface area contributed by atoms with Crippen molar-refractivity contribution in [3.05, 3.63) is 66.0 Å². The molecular weight excluding hydrogens is 305 g/mol. The number of aromatic nitrogens is 3. The highest BCUT2D eigenvalue weighted by Gasteiger charge is 2.36. The molecule has 2 aromatic heterocycles. The lowest BCUT2D eigenvalue weighted by Gasteiger charge is -2.10. The topological polar surface area (TPSA) is 56.7 Å². The van der Waals surface area contributed by atoms with Crippen LogP contribution in [0.2, 0.25) is 0 Å². The van der Waals surface area contributed by atoms with E-state index in [1.807, 2.05) is 6.07 Å². The van der Waals surface area contributed by atoms with Crippen LogP contribution >= 0.6 is 0 Å². The Morgan fingerprint density at radius 1 is 1.04 bits per heavy atom. The monoisotopic (exact) mass is 318 g/mol. The van der Waals surface area contributed by atoms with Gasteiger partial charge >= 0.3 is 6.18 Å². The third-order valence-corrected chi connectivity index (χ3v) is 3.33. The molecule has 0 saturated carbocycles. The van der Waals surface area contributed by atoms with Gasteiger partial charge in [-0.25, -0.2) is 4.98 Å². The molecule has 0 amide bonds. The number of halogens is 3. The summed E-state index contributed by atoms with van der Waals surface area (Å²) in [6.07, 6.45) is -3.08. The van der Waals surface area contributed by atoms with Crippen molar-refractivity contribution in [1.82, 2.24) is 14.8 Å². The molecular formula is C16H13F3N4. The van der Waals surface area contributed by atoms with Gasteiger partial charge in [-0.2, -0.15) is 18.3 Å². The second-order valence-corrected chi connectivity index (χ2v) is 5.03. The van der Waals surface area contributed by atoms with Gasteiger partial charge in [0, 0.05) is 11.8 Å². The molecule has 0 fully saturated rings. The molecule has 0 aliphatic heterocycles. The fourth-order valence-corrected chi connectivity index (χ4v) is 2.22. The van der Waals surface area contributed by atoms with Crippen molar-refractivity contribution in [1.29, 1.82) is 0 Å². The molecule has 118 valence electrons. The number of benzene rings is 1. The smallest absolute Gasteiger partial charge is 0.384 e. The molecule has 2 heterocycles. The first-order chi connectivity index (χ1) is 10.9. The molecule has 0 aliphatic carbocycles. The van der Waals surface area contributed by atoms with E-state index in [0.29, 0.717) is 11.4 Å². The van der Waals surface area contributed by atoms with Gasteiger partial charge in [0.1, 0.15) is 11.5 Å². The lowest BCUT2D eigenvalue weighted by Crippen LogP contribution is -2.15. The van der Waals surface area contributed by atoms with Crippen LogP contribution in [0.1, 0.15) is 11.3 Å². The predicted octanol–water partition coefficient (Wildman–Crippen LogP) is 3.59. The van der Waals surface area contributed by atoms with E-state index in [1.165, 1.54) is 12.3 Å².